The highest BCUT2D eigenvalue weighted by Gasteiger charge is 2.26. The molecule has 0 saturated heterocycles. The van der Waals surface area contributed by atoms with Crippen LogP contribution in [0.25, 0.3) is 16.6 Å². The molecule has 1 saturated carbocycles. The van der Waals surface area contributed by atoms with Crippen LogP contribution in [0.2, 0.25) is 0 Å². The minimum atomic E-state index is 0.657. The van der Waals surface area contributed by atoms with Crippen LogP contribution >= 0.6 is 0 Å². The molecule has 0 amide bonds. The Labute approximate surface area is 110 Å². The van der Waals surface area contributed by atoms with Crippen molar-refractivity contribution in [2.45, 2.75) is 18.8 Å². The van der Waals surface area contributed by atoms with Crippen LogP contribution in [0, 0.1) is 0 Å². The first kappa shape index (κ1) is 10.6. The Hall–Kier alpha value is -2.36. The number of benzene rings is 1. The maximum atomic E-state index is 6.25. The Morgan fingerprint density at radius 1 is 1.16 bits per heavy atom. The topological polar surface area (TPSA) is 56.7 Å². The van der Waals surface area contributed by atoms with Crippen molar-refractivity contribution in [2.24, 2.45) is 0 Å². The van der Waals surface area contributed by atoms with Crippen molar-refractivity contribution < 1.29 is 0 Å². The number of hydrogen-bond acceptors (Lipinski definition) is 3. The quantitative estimate of drug-likeness (QED) is 0.711. The molecule has 0 atom stereocenters. The molecule has 4 nitrogen and oxygen atoms in total. The molecular weight excluding hydrogens is 236 g/mol. The first-order valence-electron chi connectivity index (χ1n) is 6.52. The van der Waals surface area contributed by atoms with Crippen LogP contribution in [-0.4, -0.2) is 14.8 Å². The van der Waals surface area contributed by atoms with Crippen LogP contribution < -0.4 is 5.73 Å². The van der Waals surface area contributed by atoms with Gasteiger partial charge in [0.2, 0.25) is 0 Å². The molecule has 0 radical (unpaired) electrons. The van der Waals surface area contributed by atoms with Gasteiger partial charge < -0.3 is 5.73 Å². The number of anilines is 1. The van der Waals surface area contributed by atoms with Crippen LogP contribution in [0.15, 0.2) is 42.7 Å². The van der Waals surface area contributed by atoms with E-state index in [9.17, 15) is 0 Å². The summed E-state index contributed by atoms with van der Waals surface area (Å²) >= 11 is 0. The van der Waals surface area contributed by atoms with Gasteiger partial charge in [-0.1, -0.05) is 0 Å². The third-order valence-electron chi connectivity index (χ3n) is 3.66. The van der Waals surface area contributed by atoms with E-state index >= 15 is 0 Å². The van der Waals surface area contributed by atoms with Crippen LogP contribution in [0.4, 0.5) is 5.69 Å². The molecule has 0 aliphatic heterocycles. The standard InChI is InChI=1S/C15H14N4/c16-15-11-2-1-8-17-13(11)5-6-14(15)19-9-7-12(18-19)10-3-4-10/h1-2,5-10H,3-4,16H2. The molecule has 1 fully saturated rings. The van der Waals surface area contributed by atoms with Gasteiger partial charge in [-0.25, -0.2) is 4.68 Å². The minimum absolute atomic E-state index is 0.657. The first-order chi connectivity index (χ1) is 9.33. The number of aromatic nitrogens is 3. The van der Waals surface area contributed by atoms with E-state index in [4.69, 9.17) is 5.73 Å². The van der Waals surface area contributed by atoms with Crippen molar-refractivity contribution in [3.05, 3.63) is 48.4 Å². The number of hydrogen-bond donors (Lipinski definition) is 1. The smallest absolute Gasteiger partial charge is 0.0882 e. The number of nitrogens with zero attached hydrogens (tertiary/aromatic N) is 3. The highest BCUT2D eigenvalue weighted by molar-refractivity contribution is 5.94. The molecule has 0 bridgehead atoms. The molecule has 1 aliphatic carbocycles. The summed E-state index contributed by atoms with van der Waals surface area (Å²) in [6.45, 7) is 0. The van der Waals surface area contributed by atoms with Gasteiger partial charge in [-0.3, -0.25) is 4.98 Å². The normalized spacial score (nSPS) is 14.9. The average molecular weight is 250 g/mol. The second-order valence-corrected chi connectivity index (χ2v) is 5.03. The Morgan fingerprint density at radius 3 is 2.89 bits per heavy atom. The van der Waals surface area contributed by atoms with Crippen molar-refractivity contribution in [1.82, 2.24) is 14.8 Å². The molecule has 2 heterocycles. The average Bonchev–Trinajstić information content (AvgIpc) is 3.18. The van der Waals surface area contributed by atoms with Crippen molar-refractivity contribution in [3.8, 4) is 5.69 Å². The van der Waals surface area contributed by atoms with Crippen molar-refractivity contribution >= 4 is 16.6 Å². The summed E-state index contributed by atoms with van der Waals surface area (Å²) in [7, 11) is 0. The maximum absolute atomic E-state index is 6.25. The minimum Gasteiger partial charge on any atom is -0.396 e. The molecule has 94 valence electrons. The van der Waals surface area contributed by atoms with Crippen molar-refractivity contribution in [3.63, 3.8) is 0 Å². The molecular formula is C15H14N4. The highest BCUT2D eigenvalue weighted by Crippen LogP contribution is 2.39. The van der Waals surface area contributed by atoms with E-state index < -0.39 is 0 Å². The molecule has 4 heteroatoms. The fraction of sp³-hybridized carbons (Fsp3) is 0.200. The van der Waals surface area contributed by atoms with Gasteiger partial charge >= 0.3 is 0 Å². The monoisotopic (exact) mass is 250 g/mol. The van der Waals surface area contributed by atoms with Crippen LogP contribution in [0.3, 0.4) is 0 Å². The zero-order valence-electron chi connectivity index (χ0n) is 10.5. The van der Waals surface area contributed by atoms with Crippen LogP contribution in [-0.2, 0) is 0 Å². The van der Waals surface area contributed by atoms with Gasteiger partial charge in [-0.15, -0.1) is 0 Å². The molecule has 0 unspecified atom stereocenters. The van der Waals surface area contributed by atoms with E-state index in [-0.39, 0.29) is 0 Å². The molecule has 4 rings (SSSR count). The lowest BCUT2D eigenvalue weighted by Crippen LogP contribution is -2.02. The number of pyridine rings is 1. The van der Waals surface area contributed by atoms with Gasteiger partial charge in [0.05, 0.1) is 22.6 Å². The zero-order valence-corrected chi connectivity index (χ0v) is 10.5. The Kier molecular flexibility index (Phi) is 2.12. The molecule has 1 aromatic carbocycles. The number of fused-ring (bicyclic) bond motifs is 1. The summed E-state index contributed by atoms with van der Waals surface area (Å²) in [5.74, 6) is 0.657. The fourth-order valence-electron chi connectivity index (χ4n) is 2.43. The van der Waals surface area contributed by atoms with E-state index in [1.54, 1.807) is 6.20 Å². The van der Waals surface area contributed by atoms with Crippen LogP contribution in [0.1, 0.15) is 24.5 Å². The predicted molar refractivity (Wildman–Crippen MR) is 75.3 cm³/mol. The van der Waals surface area contributed by atoms with Crippen molar-refractivity contribution in [2.75, 3.05) is 5.73 Å². The van der Waals surface area contributed by atoms with Gasteiger partial charge in [0.25, 0.3) is 0 Å². The molecule has 19 heavy (non-hydrogen) atoms. The zero-order chi connectivity index (χ0) is 12.8. The second kappa shape index (κ2) is 3.82. The first-order valence-corrected chi connectivity index (χ1v) is 6.52. The third kappa shape index (κ3) is 1.68. The summed E-state index contributed by atoms with van der Waals surface area (Å²) in [6.07, 6.45) is 6.28. The lowest BCUT2D eigenvalue weighted by molar-refractivity contribution is 0.840. The molecule has 1 aliphatic rings. The number of rotatable bonds is 2. The van der Waals surface area contributed by atoms with Crippen molar-refractivity contribution in [1.29, 1.82) is 0 Å². The van der Waals surface area contributed by atoms with Gasteiger partial charge in [0.15, 0.2) is 0 Å². The van der Waals surface area contributed by atoms with E-state index in [0.717, 1.165) is 22.3 Å². The Morgan fingerprint density at radius 2 is 2.05 bits per heavy atom. The van der Waals surface area contributed by atoms with Gasteiger partial charge in [-0.2, -0.15) is 5.10 Å². The Balaban J connectivity index is 1.87. The maximum Gasteiger partial charge on any atom is 0.0882 e. The molecule has 2 aromatic heterocycles. The lowest BCUT2D eigenvalue weighted by Gasteiger charge is -2.08. The van der Waals surface area contributed by atoms with Gasteiger partial charge in [0.1, 0.15) is 0 Å². The molecule has 0 spiro atoms. The van der Waals surface area contributed by atoms with Gasteiger partial charge in [0, 0.05) is 23.7 Å². The van der Waals surface area contributed by atoms with E-state index in [1.807, 2.05) is 35.1 Å². The largest absolute Gasteiger partial charge is 0.396 e. The second-order valence-electron chi connectivity index (χ2n) is 5.03. The third-order valence-corrected chi connectivity index (χ3v) is 3.66. The van der Waals surface area contributed by atoms with Crippen LogP contribution in [0.5, 0.6) is 0 Å². The summed E-state index contributed by atoms with van der Waals surface area (Å²) in [4.78, 5) is 4.31. The number of nitrogens with two attached hydrogens (primary N) is 1. The summed E-state index contributed by atoms with van der Waals surface area (Å²) in [5.41, 5.74) is 9.99. The molecule has 2 N–H and O–H groups in total. The predicted octanol–water partition coefficient (Wildman–Crippen LogP) is 2.88. The van der Waals surface area contributed by atoms with E-state index in [1.165, 1.54) is 18.5 Å². The fourth-order valence-corrected chi connectivity index (χ4v) is 2.43. The Bertz CT molecular complexity index is 756. The van der Waals surface area contributed by atoms with E-state index in [2.05, 4.69) is 16.1 Å². The summed E-state index contributed by atoms with van der Waals surface area (Å²) in [5, 5.41) is 5.60. The molecule has 3 aromatic rings. The summed E-state index contributed by atoms with van der Waals surface area (Å²) < 4.78 is 1.87. The lowest BCUT2D eigenvalue weighted by atomic mass is 10.1. The SMILES string of the molecule is Nc1c(-n2ccc(C3CC3)n2)ccc2ncccc12. The van der Waals surface area contributed by atoms with Gasteiger partial charge in [-0.05, 0) is 43.2 Å². The van der Waals surface area contributed by atoms with E-state index in [0.29, 0.717) is 5.92 Å². The summed E-state index contributed by atoms with van der Waals surface area (Å²) in [6, 6.07) is 9.95. The highest BCUT2D eigenvalue weighted by atomic mass is 15.3. The number of nitrogen functional groups attached to an aromatic ring is 1.